The second-order valence-electron chi connectivity index (χ2n) is 8.73. The van der Waals surface area contributed by atoms with Gasteiger partial charge in [0.15, 0.2) is 5.80 Å². The van der Waals surface area contributed by atoms with Gasteiger partial charge in [-0.1, -0.05) is 33.1 Å². The van der Waals surface area contributed by atoms with Crippen molar-refractivity contribution in [1.82, 2.24) is 10.2 Å². The van der Waals surface area contributed by atoms with Crippen molar-refractivity contribution >= 4 is 19.9 Å². The number of rotatable bonds is 5. The third kappa shape index (κ3) is 8.28. The van der Waals surface area contributed by atoms with Crippen molar-refractivity contribution in [3.05, 3.63) is 23.5 Å². The molecule has 2 saturated carbocycles. The predicted octanol–water partition coefficient (Wildman–Crippen LogP) is 5.12. The van der Waals surface area contributed by atoms with E-state index in [9.17, 15) is 13.4 Å². The quantitative estimate of drug-likeness (QED) is 0.476. The summed E-state index contributed by atoms with van der Waals surface area (Å²) in [4.78, 5) is 14.5. The van der Waals surface area contributed by atoms with E-state index >= 15 is 0 Å². The van der Waals surface area contributed by atoms with Crippen LogP contribution in [0.2, 0.25) is 0 Å². The number of anilines is 1. The zero-order chi connectivity index (χ0) is 22.9. The van der Waals surface area contributed by atoms with E-state index in [0.29, 0.717) is 12.5 Å². The Kier molecular flexibility index (Phi) is 10.6. The summed E-state index contributed by atoms with van der Waals surface area (Å²) in [5, 5.41) is 2.49. The average Bonchev–Trinajstić information content (AvgIpc) is 3.51. The van der Waals surface area contributed by atoms with E-state index < -0.39 is 13.4 Å². The molecule has 4 rings (SSSR count). The summed E-state index contributed by atoms with van der Waals surface area (Å²) in [6.45, 7) is 10.3. The summed E-state index contributed by atoms with van der Waals surface area (Å²) in [7, 11) is -2.21. The Labute approximate surface area is 187 Å². The number of nitrogens with one attached hydrogen (secondary N) is 1. The van der Waals surface area contributed by atoms with E-state index in [0.717, 1.165) is 44.1 Å². The molecule has 1 aromatic heterocycles. The Bertz CT molecular complexity index is 684. The SMILES string of the molecule is CC.CC1CN(c2ccc(F)[p+](F)c2)CCN1CC1CCCCC1.NC1(NC=O)CC1. The van der Waals surface area contributed by atoms with Crippen molar-refractivity contribution in [2.24, 2.45) is 11.7 Å². The molecule has 2 heterocycles. The van der Waals surface area contributed by atoms with Crippen molar-refractivity contribution in [3.63, 3.8) is 0 Å². The second kappa shape index (κ2) is 12.7. The third-order valence-corrected chi connectivity index (χ3v) is 7.37. The number of amides is 1. The number of nitrogens with zero attached hydrogens (tertiary/aromatic N) is 2. The minimum atomic E-state index is -2.21. The van der Waals surface area contributed by atoms with Crippen LogP contribution in [0.3, 0.4) is 0 Å². The summed E-state index contributed by atoms with van der Waals surface area (Å²) < 4.78 is 26.7. The van der Waals surface area contributed by atoms with Gasteiger partial charge in [-0.05, 0) is 44.6 Å². The number of carbonyl (C=O) groups excluding carboxylic acids is 1. The van der Waals surface area contributed by atoms with Gasteiger partial charge in [0.1, 0.15) is 0 Å². The molecule has 0 radical (unpaired) electrons. The van der Waals surface area contributed by atoms with Crippen LogP contribution in [0.1, 0.15) is 65.7 Å². The molecule has 5 nitrogen and oxygen atoms in total. The van der Waals surface area contributed by atoms with Gasteiger partial charge < -0.3 is 16.0 Å². The fraction of sp³-hybridized carbons (Fsp3) is 0.739. The molecule has 1 aromatic rings. The molecule has 0 spiro atoms. The number of halogens is 2. The molecule has 2 aliphatic carbocycles. The number of piperazine rings is 1. The average molecular weight is 458 g/mol. The largest absolute Gasteiger partial charge is 0.386 e. The lowest BCUT2D eigenvalue weighted by molar-refractivity contribution is -0.110. The number of hydrogen-bond acceptors (Lipinski definition) is 4. The highest BCUT2D eigenvalue weighted by Gasteiger charge is 2.37. The molecular formula is C23H40F2N4OP+. The molecule has 3 N–H and O–H groups in total. The van der Waals surface area contributed by atoms with Crippen molar-refractivity contribution in [3.8, 4) is 0 Å². The molecule has 2 unspecified atom stereocenters. The van der Waals surface area contributed by atoms with Crippen LogP contribution in [-0.4, -0.2) is 49.2 Å². The Morgan fingerprint density at radius 1 is 1.23 bits per heavy atom. The van der Waals surface area contributed by atoms with Crippen LogP contribution in [-0.2, 0) is 4.79 Å². The van der Waals surface area contributed by atoms with Gasteiger partial charge in [-0.2, -0.15) is 4.39 Å². The molecular weight excluding hydrogens is 417 g/mol. The normalized spacial score (nSPS) is 23.6. The van der Waals surface area contributed by atoms with Gasteiger partial charge >= 0.3 is 13.4 Å². The van der Waals surface area contributed by atoms with E-state index in [1.807, 2.05) is 13.8 Å². The zero-order valence-corrected chi connectivity index (χ0v) is 20.2. The van der Waals surface area contributed by atoms with Crippen molar-refractivity contribution < 1.29 is 13.4 Å². The lowest BCUT2D eigenvalue weighted by atomic mass is 9.88. The molecule has 0 aromatic carbocycles. The smallest absolute Gasteiger partial charge is 0.366 e. The van der Waals surface area contributed by atoms with E-state index in [-0.39, 0.29) is 5.66 Å². The Hall–Kier alpha value is -1.30. The fourth-order valence-electron chi connectivity index (χ4n) is 4.23. The summed E-state index contributed by atoms with van der Waals surface area (Å²) in [6, 6.07) is 3.49. The molecule has 3 fully saturated rings. The number of carbonyl (C=O) groups is 1. The van der Waals surface area contributed by atoms with Gasteiger partial charge in [0, 0.05) is 42.5 Å². The predicted molar refractivity (Wildman–Crippen MR) is 127 cm³/mol. The third-order valence-electron chi connectivity index (χ3n) is 6.32. The molecule has 0 bridgehead atoms. The molecule has 1 amide bonds. The lowest BCUT2D eigenvalue weighted by Gasteiger charge is -2.42. The second-order valence-corrected chi connectivity index (χ2v) is 10.0. The maximum atomic E-state index is 13.6. The van der Waals surface area contributed by atoms with E-state index in [1.54, 1.807) is 6.07 Å². The minimum Gasteiger partial charge on any atom is -0.366 e. The first-order valence-electron chi connectivity index (χ1n) is 11.8. The molecule has 2 atom stereocenters. The van der Waals surface area contributed by atoms with E-state index in [2.05, 4.69) is 22.0 Å². The van der Waals surface area contributed by atoms with Crippen LogP contribution in [0.25, 0.3) is 0 Å². The molecule has 8 heteroatoms. The topological polar surface area (TPSA) is 61.6 Å². The maximum absolute atomic E-state index is 13.6. The standard InChI is InChI=1S/C17H26F2N2P.C4H8N2O.C2H6/c1-14-11-21(16-7-8-17(18)22(19)13-16)10-9-20(14)12-15-5-3-2-4-6-15;5-4(1-2-4)6-3-7;1-2/h7-8,13-15H,2-6,9-12H2,1H3;3H,1-2,5H2,(H,6,7);1-2H3/q+1;;. The van der Waals surface area contributed by atoms with Crippen LogP contribution >= 0.6 is 7.84 Å². The lowest BCUT2D eigenvalue weighted by Crippen LogP contribution is -2.53. The van der Waals surface area contributed by atoms with Crippen LogP contribution in [0.15, 0.2) is 17.9 Å². The van der Waals surface area contributed by atoms with Crippen LogP contribution in [0.4, 0.5) is 14.3 Å². The molecule has 31 heavy (non-hydrogen) atoms. The summed E-state index contributed by atoms with van der Waals surface area (Å²) in [5.74, 6) is 2.33. The monoisotopic (exact) mass is 457 g/mol. The summed E-state index contributed by atoms with van der Waals surface area (Å²) in [6.07, 6.45) is 9.42. The van der Waals surface area contributed by atoms with Gasteiger partial charge in [0.2, 0.25) is 6.41 Å². The van der Waals surface area contributed by atoms with Gasteiger partial charge in [-0.3, -0.25) is 9.69 Å². The first-order chi connectivity index (χ1) is 14.9. The maximum Gasteiger partial charge on any atom is 0.386 e. The van der Waals surface area contributed by atoms with Crippen LogP contribution in [0.5, 0.6) is 0 Å². The van der Waals surface area contributed by atoms with Gasteiger partial charge in [0.05, 0.1) is 11.4 Å². The highest BCUT2D eigenvalue weighted by Crippen LogP contribution is 2.36. The Balaban J connectivity index is 0.000000319. The zero-order valence-electron chi connectivity index (χ0n) is 19.3. The Morgan fingerprint density at radius 2 is 1.90 bits per heavy atom. The van der Waals surface area contributed by atoms with Crippen molar-refractivity contribution in [2.45, 2.75) is 77.4 Å². The molecule has 3 aliphatic rings. The van der Waals surface area contributed by atoms with Crippen LogP contribution in [0, 0.1) is 11.5 Å². The van der Waals surface area contributed by atoms with Crippen molar-refractivity contribution in [1.29, 1.82) is 0 Å². The highest BCUT2D eigenvalue weighted by atomic mass is 31.1. The molecule has 1 saturated heterocycles. The number of nitrogens with two attached hydrogens (primary N) is 1. The molecule has 1 aliphatic heterocycles. The van der Waals surface area contributed by atoms with Gasteiger partial charge in [-0.15, -0.1) is 0 Å². The number of hydrogen-bond donors (Lipinski definition) is 2. The highest BCUT2D eigenvalue weighted by molar-refractivity contribution is 7.43. The first kappa shape index (κ1) is 26.0. The van der Waals surface area contributed by atoms with Gasteiger partial charge in [0.25, 0.3) is 0 Å². The van der Waals surface area contributed by atoms with Crippen LogP contribution < -0.4 is 16.0 Å². The summed E-state index contributed by atoms with van der Waals surface area (Å²) >= 11 is 0. The minimum absolute atomic E-state index is 0.318. The van der Waals surface area contributed by atoms with E-state index in [4.69, 9.17) is 5.73 Å². The van der Waals surface area contributed by atoms with E-state index in [1.165, 1.54) is 50.5 Å². The fourth-order valence-corrected chi connectivity index (χ4v) is 5.05. The first-order valence-corrected chi connectivity index (χ1v) is 13.1. The van der Waals surface area contributed by atoms with Gasteiger partial charge in [-0.25, -0.2) is 0 Å². The molecule has 176 valence electrons. The van der Waals surface area contributed by atoms with Crippen molar-refractivity contribution in [2.75, 3.05) is 31.1 Å². The Morgan fingerprint density at radius 3 is 2.42 bits per heavy atom. The summed E-state index contributed by atoms with van der Waals surface area (Å²) in [5.41, 5.74) is 5.33.